The number of carbonyl (C=O) groups excluding carboxylic acids is 1. The van der Waals surface area contributed by atoms with Gasteiger partial charge in [-0.3, -0.25) is 9.00 Å². The molecule has 1 aromatic heterocycles. The van der Waals surface area contributed by atoms with E-state index in [2.05, 4.69) is 21.2 Å². The van der Waals surface area contributed by atoms with Crippen LogP contribution in [0.2, 0.25) is 0 Å². The zero-order valence-corrected chi connectivity index (χ0v) is 15.7. The highest BCUT2D eigenvalue weighted by molar-refractivity contribution is 9.10. The first kappa shape index (κ1) is 17.6. The van der Waals surface area contributed by atoms with E-state index >= 15 is 0 Å². The SMILES string of the molecule is O=C(NCc1ccccc1)c1ccc(C[S@](=O)c2ccc(Br)cc2)o1. The number of furan rings is 1. The van der Waals surface area contributed by atoms with Gasteiger partial charge in [-0.15, -0.1) is 0 Å². The second-order valence-corrected chi connectivity index (χ2v) is 7.74. The van der Waals surface area contributed by atoms with Gasteiger partial charge in [0.2, 0.25) is 0 Å². The molecule has 25 heavy (non-hydrogen) atoms. The Labute approximate surface area is 156 Å². The second kappa shape index (κ2) is 8.27. The summed E-state index contributed by atoms with van der Waals surface area (Å²) < 4.78 is 18.8. The first-order chi connectivity index (χ1) is 12.1. The molecule has 0 spiro atoms. The molecular formula is C19H16BrNO3S. The van der Waals surface area contributed by atoms with Crippen LogP contribution in [0.4, 0.5) is 0 Å². The number of halogens is 1. The lowest BCUT2D eigenvalue weighted by molar-refractivity contribution is 0.0921. The molecule has 1 amide bonds. The average Bonchev–Trinajstić information content (AvgIpc) is 3.09. The van der Waals surface area contributed by atoms with Crippen LogP contribution in [0.15, 0.2) is 80.5 Å². The quantitative estimate of drug-likeness (QED) is 0.650. The van der Waals surface area contributed by atoms with Crippen LogP contribution in [0.25, 0.3) is 0 Å². The minimum absolute atomic E-state index is 0.221. The summed E-state index contributed by atoms with van der Waals surface area (Å²) in [6, 6.07) is 20.2. The lowest BCUT2D eigenvalue weighted by atomic mass is 10.2. The third-order valence-corrected chi connectivity index (χ3v) is 5.40. The summed E-state index contributed by atoms with van der Waals surface area (Å²) in [5, 5.41) is 2.81. The predicted molar refractivity (Wildman–Crippen MR) is 101 cm³/mol. The van der Waals surface area contributed by atoms with Crippen LogP contribution < -0.4 is 5.32 Å². The Morgan fingerprint density at radius 1 is 1.00 bits per heavy atom. The first-order valence-electron chi connectivity index (χ1n) is 7.66. The van der Waals surface area contributed by atoms with Crippen LogP contribution in [0.3, 0.4) is 0 Å². The highest BCUT2D eigenvalue weighted by atomic mass is 79.9. The molecule has 6 heteroatoms. The van der Waals surface area contributed by atoms with Gasteiger partial charge < -0.3 is 9.73 Å². The highest BCUT2D eigenvalue weighted by Crippen LogP contribution is 2.17. The van der Waals surface area contributed by atoms with E-state index in [4.69, 9.17) is 4.42 Å². The summed E-state index contributed by atoms with van der Waals surface area (Å²) in [6.07, 6.45) is 0. The number of nitrogens with one attached hydrogen (secondary N) is 1. The molecule has 0 aliphatic rings. The summed E-state index contributed by atoms with van der Waals surface area (Å²) in [5.74, 6) is 0.683. The number of hydrogen-bond acceptors (Lipinski definition) is 3. The fourth-order valence-electron chi connectivity index (χ4n) is 2.24. The first-order valence-corrected chi connectivity index (χ1v) is 9.78. The lowest BCUT2D eigenvalue weighted by Crippen LogP contribution is -2.22. The van der Waals surface area contributed by atoms with E-state index in [1.807, 2.05) is 42.5 Å². The van der Waals surface area contributed by atoms with Crippen LogP contribution in [0.5, 0.6) is 0 Å². The molecule has 128 valence electrons. The van der Waals surface area contributed by atoms with Gasteiger partial charge in [0.25, 0.3) is 5.91 Å². The predicted octanol–water partition coefficient (Wildman–Crippen LogP) is 4.28. The molecular weight excluding hydrogens is 402 g/mol. The van der Waals surface area contributed by atoms with Gasteiger partial charge in [-0.05, 0) is 42.0 Å². The zero-order chi connectivity index (χ0) is 17.6. The maximum Gasteiger partial charge on any atom is 0.287 e. The van der Waals surface area contributed by atoms with Gasteiger partial charge in [0.1, 0.15) is 5.76 Å². The summed E-state index contributed by atoms with van der Waals surface area (Å²) in [4.78, 5) is 12.9. The molecule has 0 aliphatic heterocycles. The fourth-order valence-corrected chi connectivity index (χ4v) is 3.53. The Hall–Kier alpha value is -2.18. The van der Waals surface area contributed by atoms with Crippen LogP contribution in [-0.2, 0) is 23.1 Å². The van der Waals surface area contributed by atoms with Crippen LogP contribution >= 0.6 is 15.9 Å². The van der Waals surface area contributed by atoms with Gasteiger partial charge in [0.05, 0.1) is 16.6 Å². The lowest BCUT2D eigenvalue weighted by Gasteiger charge is -2.03. The van der Waals surface area contributed by atoms with Gasteiger partial charge in [0.15, 0.2) is 5.76 Å². The number of benzene rings is 2. The molecule has 1 N–H and O–H groups in total. The van der Waals surface area contributed by atoms with E-state index in [0.29, 0.717) is 12.3 Å². The number of amides is 1. The van der Waals surface area contributed by atoms with Crippen LogP contribution in [0.1, 0.15) is 21.9 Å². The molecule has 1 heterocycles. The Bertz CT molecular complexity index is 875. The molecule has 0 bridgehead atoms. The third kappa shape index (κ3) is 4.90. The van der Waals surface area contributed by atoms with Crippen molar-refractivity contribution in [3.8, 4) is 0 Å². The van der Waals surface area contributed by atoms with Crippen molar-refractivity contribution >= 4 is 32.6 Å². The van der Waals surface area contributed by atoms with Gasteiger partial charge in [-0.1, -0.05) is 46.3 Å². The molecule has 0 saturated carbocycles. The Kier molecular flexibility index (Phi) is 5.83. The number of rotatable bonds is 6. The Morgan fingerprint density at radius 3 is 2.44 bits per heavy atom. The van der Waals surface area contributed by atoms with E-state index < -0.39 is 10.8 Å². The summed E-state index contributed by atoms with van der Waals surface area (Å²) in [6.45, 7) is 0.431. The normalized spacial score (nSPS) is 11.9. The van der Waals surface area contributed by atoms with Crippen LogP contribution in [-0.4, -0.2) is 10.1 Å². The van der Waals surface area contributed by atoms with Crippen molar-refractivity contribution in [1.82, 2.24) is 5.32 Å². The molecule has 0 unspecified atom stereocenters. The average molecular weight is 418 g/mol. The van der Waals surface area contributed by atoms with Crippen molar-refractivity contribution in [2.45, 2.75) is 17.2 Å². The molecule has 3 rings (SSSR count). The standard InChI is InChI=1S/C19H16BrNO3S/c20-15-6-9-17(10-7-15)25(23)13-16-8-11-18(24-16)19(22)21-12-14-4-2-1-3-5-14/h1-11H,12-13H2,(H,21,22)/t25-/m0/s1. The molecule has 0 aliphatic carbocycles. The summed E-state index contributed by atoms with van der Waals surface area (Å²) >= 11 is 3.35. The van der Waals surface area contributed by atoms with Gasteiger partial charge in [-0.2, -0.15) is 0 Å². The Morgan fingerprint density at radius 2 is 1.72 bits per heavy atom. The molecule has 2 aromatic carbocycles. The van der Waals surface area contributed by atoms with Gasteiger partial charge in [0, 0.05) is 15.9 Å². The topological polar surface area (TPSA) is 59.3 Å². The molecule has 0 radical (unpaired) electrons. The molecule has 4 nitrogen and oxygen atoms in total. The number of carbonyl (C=O) groups is 1. The van der Waals surface area contributed by atoms with Gasteiger partial charge in [-0.25, -0.2) is 0 Å². The summed E-state index contributed by atoms with van der Waals surface area (Å²) in [5.41, 5.74) is 1.01. The smallest absolute Gasteiger partial charge is 0.287 e. The maximum absolute atomic E-state index is 12.4. The van der Waals surface area contributed by atoms with Crippen molar-refractivity contribution in [2.75, 3.05) is 0 Å². The van der Waals surface area contributed by atoms with Gasteiger partial charge >= 0.3 is 0 Å². The van der Waals surface area contributed by atoms with E-state index in [9.17, 15) is 9.00 Å². The highest BCUT2D eigenvalue weighted by Gasteiger charge is 2.13. The van der Waals surface area contributed by atoms with Crippen molar-refractivity contribution in [3.63, 3.8) is 0 Å². The van der Waals surface area contributed by atoms with E-state index in [-0.39, 0.29) is 17.4 Å². The minimum Gasteiger partial charge on any atom is -0.455 e. The minimum atomic E-state index is -1.22. The van der Waals surface area contributed by atoms with Crippen molar-refractivity contribution in [1.29, 1.82) is 0 Å². The zero-order valence-electron chi connectivity index (χ0n) is 13.3. The number of hydrogen-bond donors (Lipinski definition) is 1. The fraction of sp³-hybridized carbons (Fsp3) is 0.105. The van der Waals surface area contributed by atoms with Crippen LogP contribution in [0, 0.1) is 0 Å². The van der Waals surface area contributed by atoms with Crippen molar-refractivity contribution in [3.05, 3.63) is 88.3 Å². The monoisotopic (exact) mass is 417 g/mol. The third-order valence-electron chi connectivity index (χ3n) is 3.53. The van der Waals surface area contributed by atoms with E-state index in [1.54, 1.807) is 24.3 Å². The summed E-state index contributed by atoms with van der Waals surface area (Å²) in [7, 11) is -1.22. The maximum atomic E-state index is 12.4. The van der Waals surface area contributed by atoms with E-state index in [1.165, 1.54) is 0 Å². The largest absolute Gasteiger partial charge is 0.455 e. The molecule has 1 atom stereocenters. The molecule has 0 saturated heterocycles. The molecule has 3 aromatic rings. The molecule has 0 fully saturated rings. The Balaban J connectivity index is 1.59. The van der Waals surface area contributed by atoms with Crippen molar-refractivity contribution in [2.24, 2.45) is 0 Å². The second-order valence-electron chi connectivity index (χ2n) is 5.38. The van der Waals surface area contributed by atoms with Crippen molar-refractivity contribution < 1.29 is 13.4 Å². The van der Waals surface area contributed by atoms with E-state index in [0.717, 1.165) is 14.9 Å².